The SMILES string of the molecule is C=C.C=CC.C=Cc1c(C)nc(-c2ccc(-c3ccc4c(=C)c(=C)[nH]c4c3)cc2)n1-c1ccccc1. The maximum Gasteiger partial charge on any atom is 0.145 e. The minimum absolute atomic E-state index is 0.864. The second-order valence-electron chi connectivity index (χ2n) is 8.11. The second kappa shape index (κ2) is 11.7. The Morgan fingerprint density at radius 2 is 1.42 bits per heavy atom. The van der Waals surface area contributed by atoms with Gasteiger partial charge in [0.05, 0.1) is 11.4 Å². The fourth-order valence-corrected chi connectivity index (χ4v) is 4.12. The predicted molar refractivity (Wildman–Crippen MR) is 159 cm³/mol. The Hall–Kier alpha value is -4.63. The van der Waals surface area contributed by atoms with Crippen LogP contribution < -0.4 is 10.6 Å². The molecule has 0 saturated heterocycles. The van der Waals surface area contributed by atoms with Crippen molar-refractivity contribution in [2.45, 2.75) is 13.8 Å². The van der Waals surface area contributed by atoms with Crippen molar-refractivity contribution in [3.8, 4) is 28.2 Å². The number of nitrogens with one attached hydrogen (secondary N) is 1. The molecule has 0 atom stereocenters. The topological polar surface area (TPSA) is 33.6 Å². The number of aromatic amines is 1. The quantitative estimate of drug-likeness (QED) is 0.271. The van der Waals surface area contributed by atoms with Crippen molar-refractivity contribution in [2.24, 2.45) is 0 Å². The van der Waals surface area contributed by atoms with E-state index in [0.29, 0.717) is 0 Å². The van der Waals surface area contributed by atoms with Gasteiger partial charge in [0.1, 0.15) is 5.82 Å². The minimum atomic E-state index is 0.864. The third kappa shape index (κ3) is 5.06. The zero-order valence-electron chi connectivity index (χ0n) is 21.2. The number of allylic oxidation sites excluding steroid dienone is 1. The summed E-state index contributed by atoms with van der Waals surface area (Å²) < 4.78 is 2.16. The summed E-state index contributed by atoms with van der Waals surface area (Å²) in [6, 6.07) is 25.2. The highest BCUT2D eigenvalue weighted by molar-refractivity contribution is 5.85. The van der Waals surface area contributed by atoms with Gasteiger partial charge in [-0.25, -0.2) is 4.98 Å². The van der Waals surface area contributed by atoms with Gasteiger partial charge in [-0.05, 0) is 54.5 Å². The van der Waals surface area contributed by atoms with E-state index in [1.54, 1.807) is 6.08 Å². The lowest BCUT2D eigenvalue weighted by Crippen LogP contribution is -2.18. The van der Waals surface area contributed by atoms with Gasteiger partial charge < -0.3 is 4.98 Å². The third-order valence-electron chi connectivity index (χ3n) is 5.78. The summed E-state index contributed by atoms with van der Waals surface area (Å²) in [7, 11) is 0. The van der Waals surface area contributed by atoms with E-state index in [4.69, 9.17) is 4.98 Å². The van der Waals surface area contributed by atoms with Gasteiger partial charge in [0.25, 0.3) is 0 Å². The van der Waals surface area contributed by atoms with Crippen molar-refractivity contribution in [1.82, 2.24) is 14.5 Å². The van der Waals surface area contributed by atoms with Crippen LogP contribution in [0.4, 0.5) is 0 Å². The summed E-state index contributed by atoms with van der Waals surface area (Å²) in [6.45, 7) is 25.4. The molecule has 0 saturated carbocycles. The van der Waals surface area contributed by atoms with Crippen molar-refractivity contribution >= 4 is 30.1 Å². The van der Waals surface area contributed by atoms with Gasteiger partial charge >= 0.3 is 0 Å². The molecule has 0 bridgehead atoms. The summed E-state index contributed by atoms with van der Waals surface area (Å²) in [6.07, 6.45) is 3.62. The number of hydrogen-bond donors (Lipinski definition) is 1. The van der Waals surface area contributed by atoms with Crippen molar-refractivity contribution < 1.29 is 0 Å². The van der Waals surface area contributed by atoms with Crippen LogP contribution in [0.15, 0.2) is 105 Å². The standard InChI is InChI=1S/C28H23N3.C3H6.C2H4/c1-5-27-20(4)30-28(31(27)24-9-7-6-8-10-24)22-13-11-21(12-14-22)23-15-16-25-18(2)19(3)29-26(25)17-23;1-3-2;1-2/h5-17,29H,1-3H2,4H3;3H,1H2,2H3;1-2H2. The molecule has 2 heterocycles. The molecular formula is C33H33N3. The maximum atomic E-state index is 4.86. The smallest absolute Gasteiger partial charge is 0.145 e. The Balaban J connectivity index is 0.000000674. The van der Waals surface area contributed by atoms with Crippen LogP contribution in [0.1, 0.15) is 18.3 Å². The monoisotopic (exact) mass is 471 g/mol. The number of benzene rings is 3. The van der Waals surface area contributed by atoms with Gasteiger partial charge in [-0.1, -0.05) is 80.4 Å². The van der Waals surface area contributed by atoms with Crippen LogP contribution in [0.2, 0.25) is 0 Å². The number of hydrogen-bond acceptors (Lipinski definition) is 1. The molecule has 3 nitrogen and oxygen atoms in total. The van der Waals surface area contributed by atoms with Gasteiger partial charge in [0.2, 0.25) is 0 Å². The fourth-order valence-electron chi connectivity index (χ4n) is 4.12. The number of aromatic nitrogens is 3. The lowest BCUT2D eigenvalue weighted by molar-refractivity contribution is 1.05. The van der Waals surface area contributed by atoms with Crippen LogP contribution >= 0.6 is 0 Å². The number of imidazole rings is 1. The van der Waals surface area contributed by atoms with Crippen LogP contribution in [0, 0.1) is 6.92 Å². The Bertz CT molecular complexity index is 1580. The zero-order valence-corrected chi connectivity index (χ0v) is 21.2. The highest BCUT2D eigenvalue weighted by Crippen LogP contribution is 2.30. The first-order valence-corrected chi connectivity index (χ1v) is 11.7. The zero-order chi connectivity index (χ0) is 26.2. The van der Waals surface area contributed by atoms with E-state index < -0.39 is 0 Å². The molecule has 0 unspecified atom stereocenters. The molecule has 5 aromatic rings. The molecule has 3 aromatic carbocycles. The lowest BCUT2D eigenvalue weighted by Gasteiger charge is -2.11. The molecule has 0 radical (unpaired) electrons. The highest BCUT2D eigenvalue weighted by atomic mass is 15.1. The van der Waals surface area contributed by atoms with Crippen molar-refractivity contribution in [3.63, 3.8) is 0 Å². The molecule has 0 aliphatic heterocycles. The van der Waals surface area contributed by atoms with Crippen LogP contribution in [0.3, 0.4) is 0 Å². The van der Waals surface area contributed by atoms with Crippen LogP contribution in [-0.4, -0.2) is 14.5 Å². The normalized spacial score (nSPS) is 10.1. The van der Waals surface area contributed by atoms with Crippen LogP contribution in [0.5, 0.6) is 0 Å². The van der Waals surface area contributed by atoms with Gasteiger partial charge in [-0.3, -0.25) is 4.57 Å². The number of aryl methyl sites for hydroxylation is 1. The molecule has 5 rings (SSSR count). The largest absolute Gasteiger partial charge is 0.355 e. The van der Waals surface area contributed by atoms with Gasteiger partial charge in [0.15, 0.2) is 0 Å². The van der Waals surface area contributed by atoms with E-state index in [1.165, 1.54) is 0 Å². The highest BCUT2D eigenvalue weighted by Gasteiger charge is 2.15. The summed E-state index contributed by atoms with van der Waals surface area (Å²) >= 11 is 0. The van der Waals surface area contributed by atoms with E-state index in [2.05, 4.69) is 104 Å². The van der Waals surface area contributed by atoms with E-state index in [-0.39, 0.29) is 0 Å². The number of H-pyrrole nitrogens is 1. The van der Waals surface area contributed by atoms with E-state index in [0.717, 1.165) is 61.1 Å². The number of fused-ring (bicyclic) bond motifs is 1. The Labute approximate surface area is 213 Å². The first-order valence-electron chi connectivity index (χ1n) is 11.7. The first-order chi connectivity index (χ1) is 17.5. The molecule has 0 fully saturated rings. The average Bonchev–Trinajstić information content (AvgIpc) is 3.40. The van der Waals surface area contributed by atoms with Crippen LogP contribution in [0.25, 0.3) is 58.3 Å². The summed E-state index contributed by atoms with van der Waals surface area (Å²) in [5, 5.41) is 2.93. The first kappa shape index (κ1) is 26.0. The summed E-state index contributed by atoms with van der Waals surface area (Å²) in [5.41, 5.74) is 7.46. The maximum absolute atomic E-state index is 4.86. The number of para-hydroxylation sites is 1. The molecule has 180 valence electrons. The number of nitrogens with zero attached hydrogens (tertiary/aromatic N) is 2. The van der Waals surface area contributed by atoms with Gasteiger partial charge in [0, 0.05) is 27.5 Å². The van der Waals surface area contributed by atoms with Gasteiger partial charge in [-0.2, -0.15) is 0 Å². The van der Waals surface area contributed by atoms with Crippen molar-refractivity contribution in [2.75, 3.05) is 0 Å². The van der Waals surface area contributed by atoms with Crippen molar-refractivity contribution in [3.05, 3.63) is 127 Å². The Kier molecular flexibility index (Phi) is 8.43. The Morgan fingerprint density at radius 1 is 0.833 bits per heavy atom. The molecule has 0 aliphatic carbocycles. The van der Waals surface area contributed by atoms with E-state index in [9.17, 15) is 0 Å². The molecule has 3 heteroatoms. The predicted octanol–water partition coefficient (Wildman–Crippen LogP) is 7.45. The van der Waals surface area contributed by atoms with Crippen molar-refractivity contribution in [1.29, 1.82) is 0 Å². The molecule has 0 amide bonds. The molecule has 0 spiro atoms. The average molecular weight is 472 g/mol. The van der Waals surface area contributed by atoms with Gasteiger partial charge in [-0.15, -0.1) is 19.7 Å². The summed E-state index contributed by atoms with van der Waals surface area (Å²) in [4.78, 5) is 8.18. The third-order valence-corrected chi connectivity index (χ3v) is 5.78. The fraction of sp³-hybridized carbons (Fsp3) is 0.0606. The molecule has 36 heavy (non-hydrogen) atoms. The number of rotatable bonds is 4. The lowest BCUT2D eigenvalue weighted by atomic mass is 10.0. The second-order valence-corrected chi connectivity index (χ2v) is 8.11. The molecule has 0 aliphatic rings. The van der Waals surface area contributed by atoms with Crippen LogP contribution in [-0.2, 0) is 0 Å². The molecular weight excluding hydrogens is 438 g/mol. The van der Waals surface area contributed by atoms with E-state index >= 15 is 0 Å². The molecule has 1 N–H and O–H groups in total. The molecule has 2 aromatic heterocycles. The Morgan fingerprint density at radius 3 is 2.03 bits per heavy atom. The summed E-state index contributed by atoms with van der Waals surface area (Å²) in [5.74, 6) is 0.911. The minimum Gasteiger partial charge on any atom is -0.355 e. The van der Waals surface area contributed by atoms with E-state index in [1.807, 2.05) is 38.1 Å².